The first-order valence-electron chi connectivity index (χ1n) is 11.2. The van der Waals surface area contributed by atoms with Crippen molar-refractivity contribution in [2.75, 3.05) is 38.8 Å². The minimum absolute atomic E-state index is 0.0274. The number of hydrogen-bond acceptors (Lipinski definition) is 9. The fourth-order valence-electron chi connectivity index (χ4n) is 3.83. The standard InChI is InChI=1S/C24H30BNO8S/c1-17-11-21(31-9-6-10-35(4,29)30)12-18(2)24(17)20-8-5-7-19(13-20)16-32-25-33-22(27)14-26(3)15-23(28)34-25/h5,7-8,11-13H,6,9-10,14-16H2,1-4H3. The van der Waals surface area contributed by atoms with E-state index in [0.29, 0.717) is 18.8 Å². The average molecular weight is 503 g/mol. The SMILES string of the molecule is Cc1cc(OCCCS(C)(=O)=O)cc(C)c1-c1cccc(COB2OC(=O)CN(C)CC(=O)O2)c1. The number of benzene rings is 2. The van der Waals surface area contributed by atoms with Gasteiger partial charge in [-0.2, -0.15) is 0 Å². The predicted octanol–water partition coefficient (Wildman–Crippen LogP) is 2.32. The third kappa shape index (κ3) is 8.38. The van der Waals surface area contributed by atoms with Crippen molar-refractivity contribution in [1.82, 2.24) is 4.90 Å². The van der Waals surface area contributed by atoms with Gasteiger partial charge in [0.15, 0.2) is 0 Å². The summed E-state index contributed by atoms with van der Waals surface area (Å²) in [5, 5.41) is 0. The summed E-state index contributed by atoms with van der Waals surface area (Å²) in [6.07, 6.45) is 1.65. The van der Waals surface area contributed by atoms with E-state index in [9.17, 15) is 18.0 Å². The number of hydrogen-bond donors (Lipinski definition) is 0. The molecule has 0 saturated carbocycles. The van der Waals surface area contributed by atoms with E-state index >= 15 is 0 Å². The van der Waals surface area contributed by atoms with Gasteiger partial charge in [0.05, 0.1) is 32.1 Å². The van der Waals surface area contributed by atoms with Crippen LogP contribution in [0.1, 0.15) is 23.1 Å². The average Bonchev–Trinajstić information content (AvgIpc) is 2.73. The minimum atomic E-state index is -3.01. The van der Waals surface area contributed by atoms with Crippen LogP contribution in [0.5, 0.6) is 5.75 Å². The second-order valence-corrected chi connectivity index (χ2v) is 11.0. The number of aryl methyl sites for hydroxylation is 2. The maximum Gasteiger partial charge on any atom is 0.792 e. The summed E-state index contributed by atoms with van der Waals surface area (Å²) >= 11 is 0. The molecule has 2 aromatic carbocycles. The summed E-state index contributed by atoms with van der Waals surface area (Å²) in [4.78, 5) is 25.2. The van der Waals surface area contributed by atoms with Crippen molar-refractivity contribution in [3.05, 3.63) is 53.1 Å². The quantitative estimate of drug-likeness (QED) is 0.376. The van der Waals surface area contributed by atoms with Crippen LogP contribution >= 0.6 is 0 Å². The Morgan fingerprint density at radius 1 is 1.03 bits per heavy atom. The van der Waals surface area contributed by atoms with Gasteiger partial charge < -0.3 is 18.7 Å². The summed E-state index contributed by atoms with van der Waals surface area (Å²) in [7, 11) is -2.78. The Bertz CT molecular complexity index is 1140. The van der Waals surface area contributed by atoms with Crippen molar-refractivity contribution in [3.8, 4) is 16.9 Å². The molecule has 0 bridgehead atoms. The Kier molecular flexibility index (Phi) is 8.93. The van der Waals surface area contributed by atoms with Crippen LogP contribution in [0.25, 0.3) is 11.1 Å². The lowest BCUT2D eigenvalue weighted by Gasteiger charge is -2.21. The molecule has 0 aromatic heterocycles. The van der Waals surface area contributed by atoms with Crippen LogP contribution in [0.2, 0.25) is 0 Å². The maximum atomic E-state index is 11.9. The highest BCUT2D eigenvalue weighted by molar-refractivity contribution is 7.90. The van der Waals surface area contributed by atoms with Crippen LogP contribution in [0.15, 0.2) is 36.4 Å². The number of carbonyl (C=O) groups is 2. The molecule has 1 aliphatic heterocycles. The van der Waals surface area contributed by atoms with Crippen molar-refractivity contribution < 1.29 is 36.7 Å². The fraction of sp³-hybridized carbons (Fsp3) is 0.417. The monoisotopic (exact) mass is 503 g/mol. The zero-order valence-corrected chi connectivity index (χ0v) is 21.2. The Balaban J connectivity index is 1.66. The Hall–Kier alpha value is -2.89. The fourth-order valence-corrected chi connectivity index (χ4v) is 4.47. The lowest BCUT2D eigenvalue weighted by Crippen LogP contribution is -2.43. The molecule has 1 saturated heterocycles. The summed E-state index contributed by atoms with van der Waals surface area (Å²) in [6.45, 7) is 4.32. The smallest absolute Gasteiger partial charge is 0.494 e. The highest BCUT2D eigenvalue weighted by Gasteiger charge is 2.34. The third-order valence-corrected chi connectivity index (χ3v) is 6.32. The summed E-state index contributed by atoms with van der Waals surface area (Å²) in [6, 6.07) is 11.6. The molecule has 11 heteroatoms. The molecule has 3 rings (SSSR count). The third-order valence-electron chi connectivity index (χ3n) is 5.29. The van der Waals surface area contributed by atoms with E-state index in [2.05, 4.69) is 0 Å². The molecule has 2 aromatic rings. The van der Waals surface area contributed by atoms with E-state index in [1.165, 1.54) is 11.2 Å². The summed E-state index contributed by atoms with van der Waals surface area (Å²) in [5.41, 5.74) is 4.84. The van der Waals surface area contributed by atoms with Crippen LogP contribution in [-0.2, 0) is 40.0 Å². The van der Waals surface area contributed by atoms with Crippen molar-refractivity contribution in [1.29, 1.82) is 0 Å². The molecule has 0 atom stereocenters. The predicted molar refractivity (Wildman–Crippen MR) is 131 cm³/mol. The molecule has 0 unspecified atom stereocenters. The highest BCUT2D eigenvalue weighted by Crippen LogP contribution is 2.31. The van der Waals surface area contributed by atoms with E-state index < -0.39 is 29.1 Å². The molecule has 0 spiro atoms. The maximum absolute atomic E-state index is 11.9. The van der Waals surface area contributed by atoms with Gasteiger partial charge in [-0.25, -0.2) is 8.42 Å². The van der Waals surface area contributed by atoms with E-state index in [1.807, 2.05) is 50.2 Å². The molecule has 1 aliphatic rings. The molecule has 188 valence electrons. The Morgan fingerprint density at radius 2 is 1.66 bits per heavy atom. The lowest BCUT2D eigenvalue weighted by molar-refractivity contribution is -0.149. The van der Waals surface area contributed by atoms with Crippen molar-refractivity contribution >= 4 is 29.1 Å². The van der Waals surface area contributed by atoms with E-state index in [4.69, 9.17) is 18.7 Å². The van der Waals surface area contributed by atoms with Crippen LogP contribution in [0.4, 0.5) is 0 Å². The zero-order chi connectivity index (χ0) is 25.6. The van der Waals surface area contributed by atoms with Crippen LogP contribution < -0.4 is 4.74 Å². The molecule has 35 heavy (non-hydrogen) atoms. The first-order valence-corrected chi connectivity index (χ1v) is 13.3. The number of carbonyl (C=O) groups excluding carboxylic acids is 2. The Labute approximate surface area is 206 Å². The van der Waals surface area contributed by atoms with Crippen molar-refractivity contribution in [2.45, 2.75) is 26.9 Å². The molecule has 0 amide bonds. The number of likely N-dealkylation sites (N-methyl/N-ethyl adjacent to an activating group) is 1. The summed E-state index contributed by atoms with van der Waals surface area (Å²) in [5.74, 6) is -0.295. The van der Waals surface area contributed by atoms with E-state index in [-0.39, 0.29) is 25.4 Å². The van der Waals surface area contributed by atoms with Gasteiger partial charge in [-0.05, 0) is 73.3 Å². The van der Waals surface area contributed by atoms with Gasteiger partial charge in [0, 0.05) is 6.26 Å². The van der Waals surface area contributed by atoms with Gasteiger partial charge in [-0.1, -0.05) is 18.2 Å². The molecule has 0 N–H and O–H groups in total. The first-order chi connectivity index (χ1) is 16.5. The largest absolute Gasteiger partial charge is 0.792 e. The van der Waals surface area contributed by atoms with Crippen LogP contribution in [0, 0.1) is 13.8 Å². The van der Waals surface area contributed by atoms with Gasteiger partial charge in [0.1, 0.15) is 15.6 Å². The second-order valence-electron chi connectivity index (χ2n) is 8.72. The number of nitrogens with zero attached hydrogens (tertiary/aromatic N) is 1. The van der Waals surface area contributed by atoms with Gasteiger partial charge in [0.25, 0.3) is 0 Å². The first kappa shape index (κ1) is 26.7. The van der Waals surface area contributed by atoms with Crippen molar-refractivity contribution in [2.24, 2.45) is 0 Å². The van der Waals surface area contributed by atoms with Gasteiger partial charge in [0.2, 0.25) is 0 Å². The van der Waals surface area contributed by atoms with Gasteiger partial charge in [-0.15, -0.1) is 0 Å². The second kappa shape index (κ2) is 11.7. The summed E-state index contributed by atoms with van der Waals surface area (Å²) < 4.78 is 44.0. The Morgan fingerprint density at radius 3 is 2.26 bits per heavy atom. The van der Waals surface area contributed by atoms with E-state index in [1.54, 1.807) is 7.05 Å². The van der Waals surface area contributed by atoms with E-state index in [0.717, 1.165) is 27.8 Å². The minimum Gasteiger partial charge on any atom is -0.494 e. The molecule has 9 nitrogen and oxygen atoms in total. The molecular weight excluding hydrogens is 473 g/mol. The van der Waals surface area contributed by atoms with Crippen LogP contribution in [-0.4, -0.2) is 71.3 Å². The normalized spacial score (nSPS) is 15.3. The zero-order valence-electron chi connectivity index (χ0n) is 20.4. The highest BCUT2D eigenvalue weighted by atomic mass is 32.2. The number of sulfone groups is 1. The molecular formula is C24H30BNO8S. The molecule has 1 heterocycles. The number of ether oxygens (including phenoxy) is 1. The molecule has 0 radical (unpaired) electrons. The topological polar surface area (TPSA) is 108 Å². The molecule has 0 aliphatic carbocycles. The van der Waals surface area contributed by atoms with Gasteiger partial charge >= 0.3 is 19.3 Å². The van der Waals surface area contributed by atoms with Gasteiger partial charge in [-0.3, -0.25) is 14.5 Å². The van der Waals surface area contributed by atoms with Crippen LogP contribution in [0.3, 0.4) is 0 Å². The number of rotatable bonds is 9. The van der Waals surface area contributed by atoms with Crippen molar-refractivity contribution in [3.63, 3.8) is 0 Å². The lowest BCUT2D eigenvalue weighted by atomic mass is 9.94. The molecule has 1 fully saturated rings.